The number of aromatic nitrogens is 1. The predicted molar refractivity (Wildman–Crippen MR) is 91.4 cm³/mol. The molecule has 6 heteroatoms. The van der Waals surface area contributed by atoms with Gasteiger partial charge in [0.25, 0.3) is 0 Å². The summed E-state index contributed by atoms with van der Waals surface area (Å²) in [5, 5.41) is 0. The molecule has 1 aromatic heterocycles. The first-order valence-corrected chi connectivity index (χ1v) is 8.53. The molecule has 3 rings (SSSR count). The van der Waals surface area contributed by atoms with E-state index >= 15 is 0 Å². The zero-order valence-electron chi connectivity index (χ0n) is 14.3. The minimum atomic E-state index is 0.454. The van der Waals surface area contributed by atoms with E-state index in [9.17, 15) is 0 Å². The Morgan fingerprint density at radius 1 is 0.600 bits per heavy atom. The van der Waals surface area contributed by atoms with E-state index in [1.54, 1.807) is 0 Å². The maximum absolute atomic E-state index is 5.88. The van der Waals surface area contributed by atoms with Crippen molar-refractivity contribution >= 4 is 0 Å². The maximum atomic E-state index is 5.88. The molecule has 0 N–H and O–H groups in total. The highest BCUT2D eigenvalue weighted by Crippen LogP contribution is 2.28. The van der Waals surface area contributed by atoms with E-state index in [-0.39, 0.29) is 0 Å². The van der Waals surface area contributed by atoms with Crippen LogP contribution in [0, 0.1) is 0 Å². The second-order valence-corrected chi connectivity index (χ2v) is 5.45. The molecule has 25 heavy (non-hydrogen) atoms. The standard InChI is InChI=1S/C19H24NO5/c1-2-6-20(7-3-1)17-4-5-18-19(16-17)25-15-13-23-11-9-21-8-10-22-12-14-24-18/h1-7,16H,8-15H2/q+1. The average molecular weight is 346 g/mol. The first kappa shape index (κ1) is 17.7. The number of pyridine rings is 1. The first-order valence-electron chi connectivity index (χ1n) is 8.53. The molecule has 0 bridgehead atoms. The summed E-state index contributed by atoms with van der Waals surface area (Å²) in [5.74, 6) is 1.40. The van der Waals surface area contributed by atoms with E-state index in [1.165, 1.54) is 0 Å². The fourth-order valence-electron chi connectivity index (χ4n) is 2.42. The van der Waals surface area contributed by atoms with Crippen LogP contribution < -0.4 is 14.0 Å². The third kappa shape index (κ3) is 5.70. The summed E-state index contributed by atoms with van der Waals surface area (Å²) in [5.41, 5.74) is 1.01. The Labute approximate surface area is 147 Å². The molecule has 0 atom stereocenters. The second kappa shape index (κ2) is 9.98. The Morgan fingerprint density at radius 3 is 1.80 bits per heavy atom. The molecule has 0 unspecified atom stereocenters. The Hall–Kier alpha value is -2.15. The third-order valence-corrected chi connectivity index (χ3v) is 3.66. The Bertz CT molecular complexity index is 635. The lowest BCUT2D eigenvalue weighted by molar-refractivity contribution is -0.595. The van der Waals surface area contributed by atoms with Crippen LogP contribution in [0.4, 0.5) is 0 Å². The van der Waals surface area contributed by atoms with Crippen LogP contribution in [0.2, 0.25) is 0 Å². The molecule has 1 aliphatic heterocycles. The smallest absolute Gasteiger partial charge is 0.214 e. The van der Waals surface area contributed by atoms with E-state index < -0.39 is 0 Å². The Kier molecular flexibility index (Phi) is 7.05. The van der Waals surface area contributed by atoms with Crippen molar-refractivity contribution in [2.24, 2.45) is 0 Å². The van der Waals surface area contributed by atoms with E-state index in [0.717, 1.165) is 5.69 Å². The molecule has 0 spiro atoms. The van der Waals surface area contributed by atoms with Crippen LogP contribution in [0.3, 0.4) is 0 Å². The summed E-state index contributed by atoms with van der Waals surface area (Å²) < 4.78 is 30.1. The van der Waals surface area contributed by atoms with Crippen LogP contribution in [0.5, 0.6) is 11.5 Å². The molecular weight excluding hydrogens is 322 g/mol. The highest BCUT2D eigenvalue weighted by Gasteiger charge is 2.12. The number of hydrogen-bond donors (Lipinski definition) is 0. The largest absolute Gasteiger partial charge is 0.487 e. The van der Waals surface area contributed by atoms with Gasteiger partial charge in [0.2, 0.25) is 5.69 Å². The van der Waals surface area contributed by atoms with Crippen LogP contribution in [0.1, 0.15) is 0 Å². The van der Waals surface area contributed by atoms with E-state index in [1.807, 2.05) is 53.4 Å². The van der Waals surface area contributed by atoms with Gasteiger partial charge in [-0.25, -0.2) is 0 Å². The summed E-state index contributed by atoms with van der Waals surface area (Å²) in [6.45, 7) is 4.15. The van der Waals surface area contributed by atoms with Gasteiger partial charge in [-0.2, -0.15) is 4.57 Å². The molecule has 0 saturated carbocycles. The molecule has 1 aromatic carbocycles. The lowest BCUT2D eigenvalue weighted by Crippen LogP contribution is -2.28. The quantitative estimate of drug-likeness (QED) is 0.737. The minimum Gasteiger partial charge on any atom is -0.487 e. The minimum absolute atomic E-state index is 0.454. The summed E-state index contributed by atoms with van der Waals surface area (Å²) in [7, 11) is 0. The normalized spacial score (nSPS) is 17.3. The molecule has 134 valence electrons. The van der Waals surface area contributed by atoms with Gasteiger partial charge in [0.05, 0.1) is 45.7 Å². The SMILES string of the molecule is c1cc[n+](-c2ccc3c(c2)OCCOCCOCCOCCO3)cc1. The Balaban J connectivity index is 1.72. The zero-order valence-corrected chi connectivity index (χ0v) is 14.3. The van der Waals surface area contributed by atoms with Crippen molar-refractivity contribution in [1.82, 2.24) is 0 Å². The molecular formula is C19H24NO5+. The van der Waals surface area contributed by atoms with Crippen molar-refractivity contribution in [2.75, 3.05) is 52.9 Å². The van der Waals surface area contributed by atoms with Crippen molar-refractivity contribution < 1.29 is 28.3 Å². The van der Waals surface area contributed by atoms with Crippen LogP contribution in [-0.4, -0.2) is 52.9 Å². The van der Waals surface area contributed by atoms with Crippen molar-refractivity contribution in [3.63, 3.8) is 0 Å². The van der Waals surface area contributed by atoms with Crippen molar-refractivity contribution in [3.8, 4) is 17.2 Å². The number of rotatable bonds is 1. The van der Waals surface area contributed by atoms with Crippen molar-refractivity contribution in [2.45, 2.75) is 0 Å². The van der Waals surface area contributed by atoms with Gasteiger partial charge < -0.3 is 23.7 Å². The molecule has 2 heterocycles. The number of benzene rings is 1. The first-order chi connectivity index (χ1) is 12.4. The van der Waals surface area contributed by atoms with E-state index in [2.05, 4.69) is 0 Å². The summed E-state index contributed by atoms with van der Waals surface area (Å²) in [4.78, 5) is 0. The Morgan fingerprint density at radius 2 is 1.16 bits per heavy atom. The highest BCUT2D eigenvalue weighted by molar-refractivity contribution is 5.45. The molecule has 0 radical (unpaired) electrons. The van der Waals surface area contributed by atoms with Crippen molar-refractivity contribution in [1.29, 1.82) is 0 Å². The van der Waals surface area contributed by atoms with Crippen LogP contribution in [0.25, 0.3) is 5.69 Å². The molecule has 0 aliphatic carbocycles. The van der Waals surface area contributed by atoms with Gasteiger partial charge in [-0.1, -0.05) is 6.07 Å². The average Bonchev–Trinajstić information content (AvgIpc) is 2.67. The van der Waals surface area contributed by atoms with Gasteiger partial charge in [0.15, 0.2) is 23.9 Å². The lowest BCUT2D eigenvalue weighted by atomic mass is 10.2. The monoisotopic (exact) mass is 346 g/mol. The zero-order chi connectivity index (χ0) is 17.2. The second-order valence-electron chi connectivity index (χ2n) is 5.45. The number of fused-ring (bicyclic) bond motifs is 1. The van der Waals surface area contributed by atoms with Gasteiger partial charge in [0, 0.05) is 18.2 Å². The van der Waals surface area contributed by atoms with Crippen LogP contribution >= 0.6 is 0 Å². The molecule has 0 fully saturated rings. The topological polar surface area (TPSA) is 50.0 Å². The molecule has 2 aromatic rings. The molecule has 0 saturated heterocycles. The summed E-state index contributed by atoms with van der Waals surface area (Å²) >= 11 is 0. The fourth-order valence-corrected chi connectivity index (χ4v) is 2.42. The number of ether oxygens (including phenoxy) is 5. The third-order valence-electron chi connectivity index (χ3n) is 3.66. The van der Waals surface area contributed by atoms with Crippen molar-refractivity contribution in [3.05, 3.63) is 48.8 Å². The molecule has 0 amide bonds. The summed E-state index contributed by atoms with van der Waals surface area (Å²) in [6, 6.07) is 11.9. The van der Waals surface area contributed by atoms with Gasteiger partial charge in [-0.15, -0.1) is 0 Å². The summed E-state index contributed by atoms with van der Waals surface area (Å²) in [6.07, 6.45) is 3.98. The highest BCUT2D eigenvalue weighted by atomic mass is 16.6. The maximum Gasteiger partial charge on any atom is 0.214 e. The van der Waals surface area contributed by atoms with Gasteiger partial charge in [-0.05, 0) is 6.07 Å². The lowest BCUT2D eigenvalue weighted by Gasteiger charge is -2.13. The molecule has 1 aliphatic rings. The van der Waals surface area contributed by atoms with Gasteiger partial charge >= 0.3 is 0 Å². The van der Waals surface area contributed by atoms with Crippen LogP contribution in [0.15, 0.2) is 48.8 Å². The van der Waals surface area contributed by atoms with Crippen LogP contribution in [-0.2, 0) is 14.2 Å². The fraction of sp³-hybridized carbons (Fsp3) is 0.421. The number of hydrogen-bond acceptors (Lipinski definition) is 5. The van der Waals surface area contributed by atoms with E-state index in [4.69, 9.17) is 23.7 Å². The van der Waals surface area contributed by atoms with E-state index in [0.29, 0.717) is 64.4 Å². The molecule has 6 nitrogen and oxygen atoms in total. The predicted octanol–water partition coefficient (Wildman–Crippen LogP) is 1.78. The van der Waals surface area contributed by atoms with Gasteiger partial charge in [-0.3, -0.25) is 0 Å². The number of nitrogens with zero attached hydrogens (tertiary/aromatic N) is 1. The van der Waals surface area contributed by atoms with Gasteiger partial charge in [0.1, 0.15) is 13.2 Å².